The Bertz CT molecular complexity index is 3810. The fraction of sp³-hybridized carbons (Fsp3) is 0.0820. The van der Waals surface area contributed by atoms with Crippen molar-refractivity contribution in [3.8, 4) is 50.5 Å². The first kappa shape index (κ1) is 38.7. The summed E-state index contributed by atoms with van der Waals surface area (Å²) < 4.78 is 8.96. The zero-order valence-electron chi connectivity index (χ0n) is 36.6. The van der Waals surface area contributed by atoms with E-state index in [0.29, 0.717) is 0 Å². The van der Waals surface area contributed by atoms with Crippen LogP contribution in [0.3, 0.4) is 0 Å². The lowest BCUT2D eigenvalue weighted by Crippen LogP contribution is -2.15. The summed E-state index contributed by atoms with van der Waals surface area (Å²) in [5, 5.41) is 4.67. The molecule has 2 unspecified atom stereocenters. The second kappa shape index (κ2) is 14.9. The predicted molar refractivity (Wildman–Crippen MR) is 275 cm³/mol. The highest BCUT2D eigenvalue weighted by Gasteiger charge is 2.71. The van der Waals surface area contributed by atoms with E-state index in [2.05, 4.69) is 192 Å². The molecule has 0 N–H and O–H groups in total. The van der Waals surface area contributed by atoms with E-state index in [1.807, 2.05) is 56.2 Å². The van der Waals surface area contributed by atoms with Crippen LogP contribution in [-0.4, -0.2) is 19.3 Å². The summed E-state index contributed by atoms with van der Waals surface area (Å²) in [6, 6.07) is 65.5. The number of pyridine rings is 2. The molecule has 0 saturated heterocycles. The minimum absolute atomic E-state index is 0.0286. The van der Waals surface area contributed by atoms with Gasteiger partial charge in [0.25, 0.3) is 0 Å². The molecule has 14 rings (SSSR count). The topological polar surface area (TPSA) is 43.9 Å². The number of nitrogens with zero attached hydrogens (tertiary/aromatic N) is 3. The van der Waals surface area contributed by atoms with E-state index in [1.54, 1.807) is 0 Å². The van der Waals surface area contributed by atoms with Crippen molar-refractivity contribution < 1.29 is 4.42 Å². The van der Waals surface area contributed by atoms with Crippen LogP contribution in [0.2, 0.25) is 0 Å². The van der Waals surface area contributed by atoms with Crippen LogP contribution in [0.1, 0.15) is 31.4 Å². The van der Waals surface area contributed by atoms with Gasteiger partial charge < -0.3 is 8.98 Å². The number of furan rings is 1. The molecular formula is C61H43N3OS. The number of hydrogen-bond donors (Lipinski definition) is 0. The number of hydrogen-bond acceptors (Lipinski definition) is 4. The van der Waals surface area contributed by atoms with Crippen LogP contribution in [0.4, 0.5) is 0 Å². The third-order valence-electron chi connectivity index (χ3n) is 13.9. The van der Waals surface area contributed by atoms with Crippen molar-refractivity contribution in [3.05, 3.63) is 224 Å². The molecule has 314 valence electrons. The Hall–Kier alpha value is -7.73. The minimum atomic E-state index is -0.0286. The lowest BCUT2D eigenvalue weighted by Gasteiger charge is -2.19. The first-order valence-corrected chi connectivity index (χ1v) is 23.7. The Balaban J connectivity index is 0.00000215. The SMILES string of the molecule is C1=CC23CC2(C=C1c1ccc2c(c1)c1ccccc1n2-c1ccc2oc4ccc(-c5ccccc5-c5ccccn5)cc4c2c1)c1cc(-c2ccccc2-c2ccccn2)ccc1S3.CC. The maximum absolute atomic E-state index is 6.47. The number of para-hydroxylation sites is 1. The Kier molecular flexibility index (Phi) is 8.75. The van der Waals surface area contributed by atoms with Gasteiger partial charge in [0.15, 0.2) is 0 Å². The van der Waals surface area contributed by atoms with E-state index >= 15 is 0 Å². The molecule has 0 amide bonds. The minimum Gasteiger partial charge on any atom is -0.456 e. The maximum Gasteiger partial charge on any atom is 0.135 e. The first-order chi connectivity index (χ1) is 32.6. The second-order valence-electron chi connectivity index (χ2n) is 17.4. The molecule has 1 aliphatic heterocycles. The van der Waals surface area contributed by atoms with E-state index in [4.69, 9.17) is 9.40 Å². The molecule has 5 heterocycles. The Morgan fingerprint density at radius 2 is 1.11 bits per heavy atom. The van der Waals surface area contributed by atoms with Gasteiger partial charge in [0.2, 0.25) is 0 Å². The highest BCUT2D eigenvalue weighted by molar-refractivity contribution is 8.01. The highest BCUT2D eigenvalue weighted by Crippen LogP contribution is 2.76. The molecule has 2 atom stereocenters. The van der Waals surface area contributed by atoms with Gasteiger partial charge in [0.1, 0.15) is 11.2 Å². The summed E-state index contributed by atoms with van der Waals surface area (Å²) in [7, 11) is 0. The van der Waals surface area contributed by atoms with E-state index in [-0.39, 0.29) is 10.2 Å². The molecule has 4 nitrogen and oxygen atoms in total. The number of benzene rings is 7. The van der Waals surface area contributed by atoms with Crippen molar-refractivity contribution in [3.63, 3.8) is 0 Å². The van der Waals surface area contributed by atoms with E-state index in [9.17, 15) is 0 Å². The van der Waals surface area contributed by atoms with Crippen molar-refractivity contribution in [2.24, 2.45) is 0 Å². The van der Waals surface area contributed by atoms with Crippen LogP contribution in [0, 0.1) is 0 Å². The molecule has 5 heteroatoms. The van der Waals surface area contributed by atoms with Crippen LogP contribution in [0.5, 0.6) is 0 Å². The van der Waals surface area contributed by atoms with Crippen molar-refractivity contribution in [1.82, 2.24) is 14.5 Å². The molecule has 2 aliphatic carbocycles. The summed E-state index contributed by atoms with van der Waals surface area (Å²) in [6.07, 6.45) is 12.3. The summed E-state index contributed by atoms with van der Waals surface area (Å²) in [4.78, 5) is 10.8. The normalized spacial score (nSPS) is 17.9. The van der Waals surface area contributed by atoms with Gasteiger partial charge in [-0.3, -0.25) is 9.97 Å². The van der Waals surface area contributed by atoms with Gasteiger partial charge in [-0.25, -0.2) is 0 Å². The number of thioether (sulfide) groups is 1. The van der Waals surface area contributed by atoms with Gasteiger partial charge in [-0.05, 0) is 130 Å². The monoisotopic (exact) mass is 865 g/mol. The summed E-state index contributed by atoms with van der Waals surface area (Å²) in [5.74, 6) is 0. The van der Waals surface area contributed by atoms with Crippen LogP contribution in [0.15, 0.2) is 222 Å². The smallest absolute Gasteiger partial charge is 0.135 e. The van der Waals surface area contributed by atoms with E-state index in [0.717, 1.165) is 67.7 Å². The maximum atomic E-state index is 6.47. The molecule has 1 fully saturated rings. The Morgan fingerprint density at radius 1 is 0.515 bits per heavy atom. The van der Waals surface area contributed by atoms with Gasteiger partial charge in [0.05, 0.1) is 27.2 Å². The number of aromatic nitrogens is 3. The van der Waals surface area contributed by atoms with Crippen molar-refractivity contribution in [2.45, 2.75) is 35.3 Å². The first-order valence-electron chi connectivity index (χ1n) is 22.9. The van der Waals surface area contributed by atoms with Crippen LogP contribution in [-0.2, 0) is 5.41 Å². The van der Waals surface area contributed by atoms with Crippen molar-refractivity contribution in [1.29, 1.82) is 0 Å². The molecule has 3 aliphatic rings. The van der Waals surface area contributed by atoms with E-state index in [1.165, 1.54) is 54.5 Å². The van der Waals surface area contributed by atoms with Crippen molar-refractivity contribution >= 4 is 61.1 Å². The largest absolute Gasteiger partial charge is 0.456 e. The third kappa shape index (κ3) is 5.79. The standard InChI is InChI=1S/C59H37N3OS.C2H6/c1-3-13-44(51-16-7-9-29-60-51)42(11-1)38-20-24-55-48(32-38)49-34-41(22-25-56(49)63-55)62-53-18-6-5-15-46(53)47-31-37(19-23-54(47)62)40-27-28-59-36-58(59,35-40)50-33-39(21-26-57(50)64-59)43-12-2-4-14-45(43)52-17-8-10-30-61-52;1-2/h1-35H,36H2;1-2H3. The molecule has 4 aromatic heterocycles. The highest BCUT2D eigenvalue weighted by atomic mass is 32.2. The lowest BCUT2D eigenvalue weighted by molar-refractivity contribution is 0.669. The second-order valence-corrected chi connectivity index (χ2v) is 18.8. The Morgan fingerprint density at radius 3 is 1.83 bits per heavy atom. The lowest BCUT2D eigenvalue weighted by atomic mass is 9.84. The molecule has 0 radical (unpaired) electrons. The number of rotatable bonds is 6. The average molecular weight is 866 g/mol. The summed E-state index contributed by atoms with van der Waals surface area (Å²) in [5.41, 5.74) is 18.1. The summed E-state index contributed by atoms with van der Waals surface area (Å²) in [6.45, 7) is 4.00. The molecule has 7 aromatic carbocycles. The third-order valence-corrected chi connectivity index (χ3v) is 15.5. The van der Waals surface area contributed by atoms with Gasteiger partial charge in [-0.15, -0.1) is 11.8 Å². The molecule has 1 saturated carbocycles. The van der Waals surface area contributed by atoms with Crippen molar-refractivity contribution in [2.75, 3.05) is 0 Å². The van der Waals surface area contributed by atoms with Crippen LogP contribution >= 0.6 is 11.8 Å². The molecule has 0 spiro atoms. The quantitative estimate of drug-likeness (QED) is 0.167. The zero-order chi connectivity index (χ0) is 44.0. The average Bonchev–Trinajstić information content (AvgIpc) is 3.58. The predicted octanol–water partition coefficient (Wildman–Crippen LogP) is 16.3. The molecule has 11 aromatic rings. The van der Waals surface area contributed by atoms with Gasteiger partial charge >= 0.3 is 0 Å². The molecule has 0 bridgehead atoms. The van der Waals surface area contributed by atoms with E-state index < -0.39 is 0 Å². The van der Waals surface area contributed by atoms with Crippen LogP contribution in [0.25, 0.3) is 99.8 Å². The summed E-state index contributed by atoms with van der Waals surface area (Å²) >= 11 is 2.04. The molecule has 66 heavy (non-hydrogen) atoms. The van der Waals surface area contributed by atoms with Gasteiger partial charge in [0, 0.05) is 61.1 Å². The van der Waals surface area contributed by atoms with Gasteiger partial charge in [-0.2, -0.15) is 0 Å². The van der Waals surface area contributed by atoms with Crippen LogP contribution < -0.4 is 0 Å². The number of allylic oxidation sites excluding steroid dienone is 3. The fourth-order valence-corrected chi connectivity index (χ4v) is 12.5. The molecular weight excluding hydrogens is 823 g/mol. The fourth-order valence-electron chi connectivity index (χ4n) is 10.8. The van der Waals surface area contributed by atoms with Gasteiger partial charge in [-0.1, -0.05) is 129 Å². The Labute approximate surface area is 387 Å². The number of fused-ring (bicyclic) bond motifs is 7. The zero-order valence-corrected chi connectivity index (χ0v) is 37.4.